The minimum atomic E-state index is -3.62. The molecule has 0 unspecified atom stereocenters. The first kappa shape index (κ1) is 13.8. The molecule has 0 aliphatic carbocycles. The van der Waals surface area contributed by atoms with E-state index in [-0.39, 0.29) is 11.5 Å². The minimum absolute atomic E-state index is 0.141. The summed E-state index contributed by atoms with van der Waals surface area (Å²) in [5.41, 5.74) is 3.25. The molecule has 0 saturated carbocycles. The van der Waals surface area contributed by atoms with Gasteiger partial charge in [0.05, 0.1) is 11.5 Å². The van der Waals surface area contributed by atoms with E-state index in [2.05, 4.69) is 0 Å². The van der Waals surface area contributed by atoms with Crippen LogP contribution in [0.4, 0.5) is 0 Å². The smallest absolute Gasteiger partial charge is 0.267 e. The van der Waals surface area contributed by atoms with Crippen LogP contribution in [-0.2, 0) is 14.3 Å². The van der Waals surface area contributed by atoms with Crippen LogP contribution in [-0.4, -0.2) is 15.0 Å². The van der Waals surface area contributed by atoms with E-state index in [1.165, 1.54) is 0 Å². The van der Waals surface area contributed by atoms with Crippen molar-refractivity contribution in [1.82, 2.24) is 0 Å². The predicted octanol–water partition coefficient (Wildman–Crippen LogP) is 3.39. The normalized spacial score (nSPS) is 11.5. The van der Waals surface area contributed by atoms with Crippen molar-refractivity contribution < 1.29 is 12.6 Å². The number of hydrogen-bond donors (Lipinski definition) is 0. The van der Waals surface area contributed by atoms with Crippen LogP contribution in [0.15, 0.2) is 53.4 Å². The van der Waals surface area contributed by atoms with Gasteiger partial charge in [0, 0.05) is 0 Å². The van der Waals surface area contributed by atoms with E-state index in [9.17, 15) is 8.42 Å². The Balaban J connectivity index is 2.37. The van der Waals surface area contributed by atoms with Gasteiger partial charge in [-0.2, -0.15) is 8.42 Å². The van der Waals surface area contributed by atoms with Crippen LogP contribution in [0.25, 0.3) is 11.1 Å². The first-order chi connectivity index (χ1) is 9.04. The van der Waals surface area contributed by atoms with Gasteiger partial charge in [-0.3, -0.25) is 4.18 Å². The van der Waals surface area contributed by atoms with Gasteiger partial charge in [0.15, 0.2) is 0 Å². The molecule has 0 saturated heterocycles. The Labute approximate surface area is 114 Å². The van der Waals surface area contributed by atoms with Gasteiger partial charge in [-0.15, -0.1) is 0 Å². The minimum Gasteiger partial charge on any atom is -0.267 e. The molecule has 2 rings (SSSR count). The van der Waals surface area contributed by atoms with Crippen molar-refractivity contribution in [3.8, 4) is 11.1 Å². The van der Waals surface area contributed by atoms with Crippen LogP contribution in [0, 0.1) is 6.92 Å². The molecule has 19 heavy (non-hydrogen) atoms. The molecular formula is C15H16O3S. The molecule has 0 bridgehead atoms. The summed E-state index contributed by atoms with van der Waals surface area (Å²) < 4.78 is 28.2. The SMILES string of the molecule is CCOS(=O)(=O)c1ccc(-c2ccccc2C)cc1. The molecule has 3 nitrogen and oxygen atoms in total. The number of rotatable bonds is 4. The van der Waals surface area contributed by atoms with Crippen molar-refractivity contribution in [3.63, 3.8) is 0 Å². The average Bonchev–Trinajstić information content (AvgIpc) is 2.39. The van der Waals surface area contributed by atoms with E-state index in [4.69, 9.17) is 4.18 Å². The Bertz CT molecular complexity index is 658. The third-order valence-corrected chi connectivity index (χ3v) is 4.27. The highest BCUT2D eigenvalue weighted by molar-refractivity contribution is 7.86. The average molecular weight is 276 g/mol. The third kappa shape index (κ3) is 3.03. The van der Waals surface area contributed by atoms with Crippen LogP contribution < -0.4 is 0 Å². The zero-order chi connectivity index (χ0) is 13.9. The second-order valence-electron chi connectivity index (χ2n) is 4.20. The van der Waals surface area contributed by atoms with Gasteiger partial charge in [-0.05, 0) is 42.7 Å². The molecule has 4 heteroatoms. The lowest BCUT2D eigenvalue weighted by Crippen LogP contribution is -2.05. The summed E-state index contributed by atoms with van der Waals surface area (Å²) >= 11 is 0. The summed E-state index contributed by atoms with van der Waals surface area (Å²) in [6, 6.07) is 14.7. The molecule has 0 spiro atoms. The predicted molar refractivity (Wildman–Crippen MR) is 75.4 cm³/mol. The maximum Gasteiger partial charge on any atom is 0.296 e. The van der Waals surface area contributed by atoms with Gasteiger partial charge in [0.1, 0.15) is 0 Å². The highest BCUT2D eigenvalue weighted by atomic mass is 32.2. The maximum atomic E-state index is 11.7. The summed E-state index contributed by atoms with van der Waals surface area (Å²) in [4.78, 5) is 0.187. The number of hydrogen-bond acceptors (Lipinski definition) is 3. The molecule has 0 fully saturated rings. The van der Waals surface area contributed by atoms with Crippen molar-refractivity contribution in [3.05, 3.63) is 54.1 Å². The molecule has 0 N–H and O–H groups in total. The van der Waals surface area contributed by atoms with Crippen molar-refractivity contribution in [1.29, 1.82) is 0 Å². The zero-order valence-electron chi connectivity index (χ0n) is 11.0. The van der Waals surface area contributed by atoms with E-state index in [0.717, 1.165) is 16.7 Å². The molecule has 0 aliphatic heterocycles. The second-order valence-corrected chi connectivity index (χ2v) is 5.82. The van der Waals surface area contributed by atoms with Gasteiger partial charge in [0.2, 0.25) is 0 Å². The van der Waals surface area contributed by atoms with Gasteiger partial charge < -0.3 is 0 Å². The van der Waals surface area contributed by atoms with Crippen LogP contribution in [0.3, 0.4) is 0 Å². The molecule has 0 amide bonds. The Morgan fingerprint density at radius 2 is 1.63 bits per heavy atom. The Morgan fingerprint density at radius 1 is 1.00 bits per heavy atom. The summed E-state index contributed by atoms with van der Waals surface area (Å²) in [7, 11) is -3.62. The van der Waals surface area contributed by atoms with Crippen LogP contribution in [0.2, 0.25) is 0 Å². The Kier molecular flexibility index (Phi) is 4.02. The Morgan fingerprint density at radius 3 is 2.21 bits per heavy atom. The highest BCUT2D eigenvalue weighted by Crippen LogP contribution is 2.24. The Hall–Kier alpha value is -1.65. The molecule has 0 aromatic heterocycles. The van der Waals surface area contributed by atoms with Crippen LogP contribution >= 0.6 is 0 Å². The fourth-order valence-corrected chi connectivity index (χ4v) is 2.84. The van der Waals surface area contributed by atoms with Crippen molar-refractivity contribution in [2.45, 2.75) is 18.7 Å². The summed E-state index contributed by atoms with van der Waals surface area (Å²) in [6.45, 7) is 3.82. The second kappa shape index (κ2) is 5.55. The largest absolute Gasteiger partial charge is 0.296 e. The van der Waals surface area contributed by atoms with E-state index in [1.54, 1.807) is 31.2 Å². The summed E-state index contributed by atoms with van der Waals surface area (Å²) in [6.07, 6.45) is 0. The molecule has 0 heterocycles. The molecule has 2 aromatic rings. The third-order valence-electron chi connectivity index (χ3n) is 2.87. The highest BCUT2D eigenvalue weighted by Gasteiger charge is 2.14. The van der Waals surface area contributed by atoms with Gasteiger partial charge >= 0.3 is 0 Å². The van der Waals surface area contributed by atoms with E-state index < -0.39 is 10.1 Å². The van der Waals surface area contributed by atoms with E-state index in [1.807, 2.05) is 31.2 Å². The van der Waals surface area contributed by atoms with Crippen LogP contribution in [0.1, 0.15) is 12.5 Å². The lowest BCUT2D eigenvalue weighted by Gasteiger charge is -2.07. The summed E-state index contributed by atoms with van der Waals surface area (Å²) in [5, 5.41) is 0. The standard InChI is InChI=1S/C15H16O3S/c1-3-18-19(16,17)14-10-8-13(9-11-14)15-7-5-4-6-12(15)2/h4-11H,3H2,1-2H3. The van der Waals surface area contributed by atoms with E-state index in [0.29, 0.717) is 0 Å². The molecule has 0 aliphatic rings. The molecular weight excluding hydrogens is 260 g/mol. The van der Waals surface area contributed by atoms with Crippen LogP contribution in [0.5, 0.6) is 0 Å². The maximum absolute atomic E-state index is 11.7. The number of aryl methyl sites for hydroxylation is 1. The number of benzene rings is 2. The molecule has 2 aromatic carbocycles. The molecule has 0 radical (unpaired) electrons. The monoisotopic (exact) mass is 276 g/mol. The molecule has 0 atom stereocenters. The summed E-state index contributed by atoms with van der Waals surface area (Å²) in [5.74, 6) is 0. The van der Waals surface area contributed by atoms with E-state index >= 15 is 0 Å². The van der Waals surface area contributed by atoms with Gasteiger partial charge in [0.25, 0.3) is 10.1 Å². The van der Waals surface area contributed by atoms with Crippen molar-refractivity contribution in [2.75, 3.05) is 6.61 Å². The van der Waals surface area contributed by atoms with Crippen molar-refractivity contribution in [2.24, 2.45) is 0 Å². The zero-order valence-corrected chi connectivity index (χ0v) is 11.8. The molecule has 100 valence electrons. The quantitative estimate of drug-likeness (QED) is 0.804. The van der Waals surface area contributed by atoms with Gasteiger partial charge in [-0.25, -0.2) is 0 Å². The topological polar surface area (TPSA) is 43.4 Å². The lowest BCUT2D eigenvalue weighted by molar-refractivity contribution is 0.338. The fraction of sp³-hybridized carbons (Fsp3) is 0.200. The lowest BCUT2D eigenvalue weighted by atomic mass is 10.0. The fourth-order valence-electron chi connectivity index (χ4n) is 1.92. The van der Waals surface area contributed by atoms with Crippen molar-refractivity contribution >= 4 is 10.1 Å². The van der Waals surface area contributed by atoms with Gasteiger partial charge in [-0.1, -0.05) is 36.4 Å². The first-order valence-electron chi connectivity index (χ1n) is 6.10. The first-order valence-corrected chi connectivity index (χ1v) is 7.51.